The number of rotatable bonds is 2. The van der Waals surface area contributed by atoms with Crippen LogP contribution >= 0.6 is 0 Å². The van der Waals surface area contributed by atoms with E-state index in [9.17, 15) is 14.0 Å². The van der Waals surface area contributed by atoms with Gasteiger partial charge in [0, 0.05) is 16.6 Å². The Bertz CT molecular complexity index is 1060. The van der Waals surface area contributed by atoms with Gasteiger partial charge in [-0.25, -0.2) is 4.39 Å². The Morgan fingerprint density at radius 1 is 1.23 bits per heavy atom. The Hall–Kier alpha value is -3.35. The number of ether oxygens (including phenoxy) is 1. The van der Waals surface area contributed by atoms with Gasteiger partial charge in [0.1, 0.15) is 17.1 Å². The Morgan fingerprint density at radius 2 is 2.04 bits per heavy atom. The standard InChI is InChI=1S/C19H15FN2O4/c1-9-13-7-11(20)3-5-15(13)26-17(9)19(24)21-12-4-6-16-14(8-12)22-18(23)10(2)25-16/h3-8,10H,1-2H3,(H,21,24)(H,22,23)/t10-/m0/s1. The highest BCUT2D eigenvalue weighted by Gasteiger charge is 2.24. The van der Waals surface area contributed by atoms with Crippen molar-refractivity contribution in [2.24, 2.45) is 0 Å². The van der Waals surface area contributed by atoms with Crippen LogP contribution in [0.1, 0.15) is 23.0 Å². The van der Waals surface area contributed by atoms with E-state index in [4.69, 9.17) is 9.15 Å². The molecule has 0 saturated heterocycles. The molecule has 3 aromatic rings. The van der Waals surface area contributed by atoms with E-state index >= 15 is 0 Å². The third-order valence-electron chi connectivity index (χ3n) is 4.27. The van der Waals surface area contributed by atoms with Crippen molar-refractivity contribution in [2.45, 2.75) is 20.0 Å². The Labute approximate surface area is 147 Å². The number of carbonyl (C=O) groups excluding carboxylic acids is 2. The Morgan fingerprint density at radius 3 is 2.85 bits per heavy atom. The maximum absolute atomic E-state index is 13.4. The molecule has 1 atom stereocenters. The maximum Gasteiger partial charge on any atom is 0.291 e. The van der Waals surface area contributed by atoms with Crippen LogP contribution < -0.4 is 15.4 Å². The van der Waals surface area contributed by atoms with Gasteiger partial charge < -0.3 is 19.8 Å². The molecule has 1 aliphatic heterocycles. The summed E-state index contributed by atoms with van der Waals surface area (Å²) in [5.41, 5.74) is 1.95. The summed E-state index contributed by atoms with van der Waals surface area (Å²) >= 11 is 0. The molecule has 2 aromatic carbocycles. The van der Waals surface area contributed by atoms with E-state index in [0.29, 0.717) is 33.7 Å². The predicted octanol–water partition coefficient (Wildman–Crippen LogP) is 3.85. The van der Waals surface area contributed by atoms with Gasteiger partial charge in [-0.05, 0) is 50.2 Å². The number of benzene rings is 2. The normalized spacial score (nSPS) is 16.0. The van der Waals surface area contributed by atoms with E-state index in [1.54, 1.807) is 32.0 Å². The molecule has 7 heteroatoms. The summed E-state index contributed by atoms with van der Waals surface area (Å²) in [6.45, 7) is 3.35. The van der Waals surface area contributed by atoms with Crippen molar-refractivity contribution in [3.63, 3.8) is 0 Å². The molecule has 0 aliphatic carbocycles. The molecule has 0 fully saturated rings. The topological polar surface area (TPSA) is 80.6 Å². The second-order valence-electron chi connectivity index (χ2n) is 6.11. The summed E-state index contributed by atoms with van der Waals surface area (Å²) in [6, 6.07) is 9.04. The molecular weight excluding hydrogens is 339 g/mol. The van der Waals surface area contributed by atoms with Gasteiger partial charge in [0.15, 0.2) is 11.9 Å². The lowest BCUT2D eigenvalue weighted by Crippen LogP contribution is -2.34. The summed E-state index contributed by atoms with van der Waals surface area (Å²) in [6.07, 6.45) is -0.568. The first-order valence-corrected chi connectivity index (χ1v) is 8.04. The van der Waals surface area contributed by atoms with E-state index < -0.39 is 17.8 Å². The minimum atomic E-state index is -0.568. The van der Waals surface area contributed by atoms with E-state index in [1.165, 1.54) is 18.2 Å². The van der Waals surface area contributed by atoms with Crippen molar-refractivity contribution in [3.05, 3.63) is 53.5 Å². The molecule has 2 heterocycles. The smallest absolute Gasteiger partial charge is 0.291 e. The molecule has 6 nitrogen and oxygen atoms in total. The van der Waals surface area contributed by atoms with Gasteiger partial charge >= 0.3 is 0 Å². The fourth-order valence-corrected chi connectivity index (χ4v) is 2.88. The van der Waals surface area contributed by atoms with E-state index in [2.05, 4.69) is 10.6 Å². The van der Waals surface area contributed by atoms with Crippen LogP contribution in [-0.2, 0) is 4.79 Å². The Kier molecular flexibility index (Phi) is 3.64. The fraction of sp³-hybridized carbons (Fsp3) is 0.158. The predicted molar refractivity (Wildman–Crippen MR) is 94.0 cm³/mol. The third-order valence-corrected chi connectivity index (χ3v) is 4.27. The van der Waals surface area contributed by atoms with Gasteiger partial charge in [0.05, 0.1) is 5.69 Å². The number of nitrogens with one attached hydrogen (secondary N) is 2. The zero-order valence-electron chi connectivity index (χ0n) is 14.1. The van der Waals surface area contributed by atoms with Crippen molar-refractivity contribution < 1.29 is 23.1 Å². The first kappa shape index (κ1) is 16.1. The number of amides is 2. The number of hydrogen-bond acceptors (Lipinski definition) is 4. The lowest BCUT2D eigenvalue weighted by atomic mass is 10.1. The van der Waals surface area contributed by atoms with Gasteiger partial charge in [-0.2, -0.15) is 0 Å². The Balaban J connectivity index is 1.62. The van der Waals surface area contributed by atoms with Crippen LogP contribution in [-0.4, -0.2) is 17.9 Å². The lowest BCUT2D eigenvalue weighted by molar-refractivity contribution is -0.122. The number of anilines is 2. The van der Waals surface area contributed by atoms with Gasteiger partial charge in [-0.15, -0.1) is 0 Å². The SMILES string of the molecule is Cc1c(C(=O)Nc2ccc3c(c2)NC(=O)[C@H](C)O3)oc2ccc(F)cc12. The summed E-state index contributed by atoms with van der Waals surface area (Å²) in [7, 11) is 0. The quantitative estimate of drug-likeness (QED) is 0.732. The molecule has 0 saturated carbocycles. The van der Waals surface area contributed by atoms with Crippen molar-refractivity contribution in [1.82, 2.24) is 0 Å². The number of carbonyl (C=O) groups is 2. The zero-order valence-corrected chi connectivity index (χ0v) is 14.1. The molecule has 4 rings (SSSR count). The fourth-order valence-electron chi connectivity index (χ4n) is 2.88. The van der Waals surface area contributed by atoms with Gasteiger partial charge in [0.2, 0.25) is 0 Å². The van der Waals surface area contributed by atoms with Crippen LogP contribution in [0.15, 0.2) is 40.8 Å². The summed E-state index contributed by atoms with van der Waals surface area (Å²) in [5, 5.41) is 5.99. The van der Waals surface area contributed by atoms with Crippen molar-refractivity contribution >= 4 is 34.2 Å². The second kappa shape index (κ2) is 5.87. The maximum atomic E-state index is 13.4. The molecule has 0 bridgehead atoms. The van der Waals surface area contributed by atoms with Crippen LogP contribution in [0.2, 0.25) is 0 Å². The number of aryl methyl sites for hydroxylation is 1. The molecule has 2 amide bonds. The first-order chi connectivity index (χ1) is 12.4. The van der Waals surface area contributed by atoms with Crippen LogP contribution in [0.5, 0.6) is 5.75 Å². The van der Waals surface area contributed by atoms with Crippen LogP contribution in [0.25, 0.3) is 11.0 Å². The monoisotopic (exact) mass is 354 g/mol. The zero-order chi connectivity index (χ0) is 18.4. The molecular formula is C19H15FN2O4. The average molecular weight is 354 g/mol. The molecule has 0 radical (unpaired) electrons. The highest BCUT2D eigenvalue weighted by Crippen LogP contribution is 2.33. The van der Waals surface area contributed by atoms with Crippen molar-refractivity contribution in [3.8, 4) is 5.75 Å². The molecule has 26 heavy (non-hydrogen) atoms. The van der Waals surface area contributed by atoms with Gasteiger partial charge in [-0.1, -0.05) is 0 Å². The number of fused-ring (bicyclic) bond motifs is 2. The van der Waals surface area contributed by atoms with Crippen LogP contribution in [0, 0.1) is 12.7 Å². The van der Waals surface area contributed by atoms with Crippen molar-refractivity contribution in [1.29, 1.82) is 0 Å². The summed E-state index contributed by atoms with van der Waals surface area (Å²) in [5.74, 6) is -0.470. The highest BCUT2D eigenvalue weighted by molar-refractivity contribution is 6.07. The minimum absolute atomic E-state index is 0.109. The number of hydrogen-bond donors (Lipinski definition) is 2. The minimum Gasteiger partial charge on any atom is -0.479 e. The molecule has 1 aliphatic rings. The van der Waals surface area contributed by atoms with Gasteiger partial charge in [0.25, 0.3) is 11.8 Å². The second-order valence-corrected chi connectivity index (χ2v) is 6.11. The molecule has 0 spiro atoms. The lowest BCUT2D eigenvalue weighted by Gasteiger charge is -2.23. The van der Waals surface area contributed by atoms with Gasteiger partial charge in [-0.3, -0.25) is 9.59 Å². The first-order valence-electron chi connectivity index (χ1n) is 8.04. The molecule has 1 aromatic heterocycles. The van der Waals surface area contributed by atoms with Crippen LogP contribution in [0.4, 0.5) is 15.8 Å². The summed E-state index contributed by atoms with van der Waals surface area (Å²) < 4.78 is 24.4. The molecule has 2 N–H and O–H groups in total. The largest absolute Gasteiger partial charge is 0.479 e. The number of furan rings is 1. The van der Waals surface area contributed by atoms with Crippen LogP contribution in [0.3, 0.4) is 0 Å². The van der Waals surface area contributed by atoms with Crippen molar-refractivity contribution in [2.75, 3.05) is 10.6 Å². The van der Waals surface area contributed by atoms with E-state index in [1.807, 2.05) is 0 Å². The summed E-state index contributed by atoms with van der Waals surface area (Å²) in [4.78, 5) is 24.3. The third kappa shape index (κ3) is 2.67. The highest BCUT2D eigenvalue weighted by atomic mass is 19.1. The average Bonchev–Trinajstić information content (AvgIpc) is 2.93. The molecule has 0 unspecified atom stereocenters. The number of halogens is 1. The van der Waals surface area contributed by atoms with E-state index in [-0.39, 0.29) is 11.7 Å². The van der Waals surface area contributed by atoms with E-state index in [0.717, 1.165) is 0 Å². The molecule has 132 valence electrons.